The molecule has 17 heavy (non-hydrogen) atoms. The Morgan fingerprint density at radius 2 is 1.88 bits per heavy atom. The van der Waals surface area contributed by atoms with Crippen molar-refractivity contribution >= 4 is 14.3 Å². The Morgan fingerprint density at radius 1 is 1.35 bits per heavy atom. The van der Waals surface area contributed by atoms with Crippen molar-refractivity contribution in [1.82, 2.24) is 0 Å². The predicted molar refractivity (Wildman–Crippen MR) is 70.1 cm³/mol. The van der Waals surface area contributed by atoms with E-state index in [0.29, 0.717) is 25.7 Å². The summed E-state index contributed by atoms with van der Waals surface area (Å²) in [4.78, 5) is 11.4. The Morgan fingerprint density at radius 3 is 2.29 bits per heavy atom. The number of carbonyl (C=O) groups is 1. The molecule has 0 amide bonds. The third kappa shape index (κ3) is 6.73. The number of carbonyl (C=O) groups excluding carboxylic acids is 1. The van der Waals surface area contributed by atoms with Gasteiger partial charge in [0.05, 0.1) is 0 Å². The lowest BCUT2D eigenvalue weighted by Gasteiger charge is -2.26. The van der Waals surface area contributed by atoms with Crippen LogP contribution >= 0.6 is 0 Å². The van der Waals surface area contributed by atoms with Crippen molar-refractivity contribution in [1.29, 1.82) is 0 Å². The number of aliphatic hydroxyl groups is 1. The van der Waals surface area contributed by atoms with E-state index in [1.165, 1.54) is 6.08 Å². The molecule has 0 aromatic carbocycles. The summed E-state index contributed by atoms with van der Waals surface area (Å²) in [5, 5.41) is 9.66. The van der Waals surface area contributed by atoms with Crippen LogP contribution in [-0.4, -0.2) is 38.8 Å². The van der Waals surface area contributed by atoms with E-state index in [4.69, 9.17) is 8.85 Å². The molecule has 0 radical (unpaired) electrons. The van der Waals surface area contributed by atoms with Gasteiger partial charge in [0.2, 0.25) is 0 Å². The molecular formula is C12H24O4Si. The zero-order chi connectivity index (χ0) is 13.3. The first-order valence-electron chi connectivity index (χ1n) is 6.11. The maximum atomic E-state index is 11.4. The third-order valence-electron chi connectivity index (χ3n) is 2.43. The summed E-state index contributed by atoms with van der Waals surface area (Å²) in [7, 11) is -2.22. The summed E-state index contributed by atoms with van der Waals surface area (Å²) in [5.74, 6) is -0.253. The summed E-state index contributed by atoms with van der Waals surface area (Å²) in [6.45, 7) is 8.76. The first-order chi connectivity index (χ1) is 7.99. The molecule has 5 heteroatoms. The van der Waals surface area contributed by atoms with E-state index < -0.39 is 14.7 Å². The highest BCUT2D eigenvalue weighted by Crippen LogP contribution is 2.17. The van der Waals surface area contributed by atoms with Gasteiger partial charge in [0, 0.05) is 13.2 Å². The molecule has 1 atom stereocenters. The van der Waals surface area contributed by atoms with Crippen molar-refractivity contribution < 1.29 is 18.8 Å². The van der Waals surface area contributed by atoms with Crippen LogP contribution in [0.25, 0.3) is 0 Å². The molecule has 0 aliphatic heterocycles. The Kier molecular flexibility index (Phi) is 8.33. The molecule has 100 valence electrons. The fourth-order valence-corrected chi connectivity index (χ4v) is 4.00. The van der Waals surface area contributed by atoms with Crippen LogP contribution in [0.2, 0.25) is 12.6 Å². The maximum absolute atomic E-state index is 11.4. The Labute approximate surface area is 105 Å². The molecule has 1 N–H and O–H groups in total. The predicted octanol–water partition coefficient (Wildman–Crippen LogP) is 2.03. The lowest BCUT2D eigenvalue weighted by atomic mass is 10.2. The standard InChI is InChI=1S/C12H24O4Si/c1-5-8-11(13)12(14)9-10-17(4,15-6-2)16-7-3/h5,8,12,14H,6-7,9-10H2,1-4H3. The molecule has 0 saturated carbocycles. The lowest BCUT2D eigenvalue weighted by molar-refractivity contribution is -0.122. The van der Waals surface area contributed by atoms with Crippen LogP contribution in [0.3, 0.4) is 0 Å². The zero-order valence-electron chi connectivity index (χ0n) is 11.2. The molecule has 0 aliphatic rings. The second-order valence-corrected chi connectivity index (χ2v) is 7.30. The molecule has 0 aliphatic carbocycles. The van der Waals surface area contributed by atoms with E-state index >= 15 is 0 Å². The number of ketones is 1. The largest absolute Gasteiger partial charge is 0.395 e. The normalized spacial score (nSPS) is 14.2. The average Bonchev–Trinajstić information content (AvgIpc) is 2.27. The molecule has 4 nitrogen and oxygen atoms in total. The van der Waals surface area contributed by atoms with Crippen LogP contribution in [0.1, 0.15) is 27.2 Å². The number of aliphatic hydroxyl groups excluding tert-OH is 1. The summed E-state index contributed by atoms with van der Waals surface area (Å²) in [6.07, 6.45) is 2.48. The minimum atomic E-state index is -2.22. The van der Waals surface area contributed by atoms with Crippen LogP contribution in [0.5, 0.6) is 0 Å². The van der Waals surface area contributed by atoms with E-state index in [2.05, 4.69) is 0 Å². The highest BCUT2D eigenvalue weighted by atomic mass is 28.4. The first-order valence-corrected chi connectivity index (χ1v) is 8.64. The molecule has 0 saturated heterocycles. The topological polar surface area (TPSA) is 55.8 Å². The van der Waals surface area contributed by atoms with Gasteiger partial charge in [-0.3, -0.25) is 4.79 Å². The fourth-order valence-electron chi connectivity index (χ4n) is 1.61. The lowest BCUT2D eigenvalue weighted by Crippen LogP contribution is -2.40. The van der Waals surface area contributed by atoms with Crippen molar-refractivity contribution in [3.05, 3.63) is 12.2 Å². The number of hydrogen-bond acceptors (Lipinski definition) is 4. The van der Waals surface area contributed by atoms with Gasteiger partial charge in [-0.05, 0) is 45.9 Å². The van der Waals surface area contributed by atoms with E-state index in [1.807, 2.05) is 20.4 Å². The Balaban J connectivity index is 4.25. The van der Waals surface area contributed by atoms with Gasteiger partial charge in [0.25, 0.3) is 0 Å². The molecule has 0 aromatic heterocycles. The van der Waals surface area contributed by atoms with Crippen LogP contribution in [-0.2, 0) is 13.6 Å². The molecule has 0 bridgehead atoms. The highest BCUT2D eigenvalue weighted by Gasteiger charge is 2.31. The number of rotatable bonds is 9. The van der Waals surface area contributed by atoms with Gasteiger partial charge >= 0.3 is 8.56 Å². The highest BCUT2D eigenvalue weighted by molar-refractivity contribution is 6.66. The van der Waals surface area contributed by atoms with Gasteiger partial charge in [0.1, 0.15) is 6.10 Å². The second kappa shape index (κ2) is 8.58. The minimum absolute atomic E-state index is 0.253. The van der Waals surface area contributed by atoms with Crippen LogP contribution in [0, 0.1) is 0 Å². The van der Waals surface area contributed by atoms with E-state index in [9.17, 15) is 9.90 Å². The SMILES string of the molecule is CC=CC(=O)C(O)CC[Si](C)(OCC)OCC. The second-order valence-electron chi connectivity index (χ2n) is 3.96. The van der Waals surface area contributed by atoms with Crippen LogP contribution < -0.4 is 0 Å². The van der Waals surface area contributed by atoms with E-state index in [-0.39, 0.29) is 5.78 Å². The molecular weight excluding hydrogens is 236 g/mol. The molecule has 0 heterocycles. The smallest absolute Gasteiger partial charge is 0.335 e. The summed E-state index contributed by atoms with van der Waals surface area (Å²) < 4.78 is 11.3. The van der Waals surface area contributed by atoms with Gasteiger partial charge in [-0.1, -0.05) is 6.08 Å². The van der Waals surface area contributed by atoms with E-state index in [1.54, 1.807) is 13.0 Å². The summed E-state index contributed by atoms with van der Waals surface area (Å²) in [6, 6.07) is 0.624. The minimum Gasteiger partial charge on any atom is -0.395 e. The summed E-state index contributed by atoms with van der Waals surface area (Å²) in [5.41, 5.74) is 0. The van der Waals surface area contributed by atoms with Gasteiger partial charge in [-0.25, -0.2) is 0 Å². The molecule has 0 rings (SSSR count). The first kappa shape index (κ1) is 16.5. The summed E-state index contributed by atoms with van der Waals surface area (Å²) >= 11 is 0. The van der Waals surface area contributed by atoms with Crippen LogP contribution in [0.15, 0.2) is 12.2 Å². The van der Waals surface area contributed by atoms with Gasteiger partial charge in [-0.2, -0.15) is 0 Å². The molecule has 1 unspecified atom stereocenters. The molecule has 0 spiro atoms. The maximum Gasteiger partial charge on any atom is 0.335 e. The number of hydrogen-bond donors (Lipinski definition) is 1. The van der Waals surface area contributed by atoms with Crippen molar-refractivity contribution in [2.24, 2.45) is 0 Å². The fraction of sp³-hybridized carbons (Fsp3) is 0.750. The monoisotopic (exact) mass is 260 g/mol. The van der Waals surface area contributed by atoms with Crippen molar-refractivity contribution in [2.45, 2.75) is 45.9 Å². The molecule has 0 aromatic rings. The Bertz CT molecular complexity index is 247. The zero-order valence-corrected chi connectivity index (χ0v) is 12.2. The van der Waals surface area contributed by atoms with Crippen molar-refractivity contribution in [3.63, 3.8) is 0 Å². The third-order valence-corrected chi connectivity index (χ3v) is 5.43. The number of allylic oxidation sites excluding steroid dienone is 1. The van der Waals surface area contributed by atoms with Crippen LogP contribution in [0.4, 0.5) is 0 Å². The average molecular weight is 260 g/mol. The van der Waals surface area contributed by atoms with Crippen molar-refractivity contribution in [2.75, 3.05) is 13.2 Å². The van der Waals surface area contributed by atoms with Gasteiger partial charge in [-0.15, -0.1) is 0 Å². The van der Waals surface area contributed by atoms with E-state index in [0.717, 1.165) is 0 Å². The quantitative estimate of drug-likeness (QED) is 0.509. The van der Waals surface area contributed by atoms with Crippen molar-refractivity contribution in [3.8, 4) is 0 Å². The molecule has 0 fully saturated rings. The Hall–Kier alpha value is -0.493. The van der Waals surface area contributed by atoms with Gasteiger partial charge in [0.15, 0.2) is 5.78 Å². The van der Waals surface area contributed by atoms with Gasteiger partial charge < -0.3 is 14.0 Å².